The van der Waals surface area contributed by atoms with E-state index in [0.29, 0.717) is 25.9 Å². The van der Waals surface area contributed by atoms with Gasteiger partial charge in [-0.05, 0) is 43.4 Å². The van der Waals surface area contributed by atoms with Crippen molar-refractivity contribution in [3.63, 3.8) is 0 Å². The van der Waals surface area contributed by atoms with Gasteiger partial charge in [0.1, 0.15) is 0 Å². The van der Waals surface area contributed by atoms with Crippen LogP contribution >= 0.6 is 0 Å². The van der Waals surface area contributed by atoms with Crippen LogP contribution in [-0.4, -0.2) is 35.8 Å². The van der Waals surface area contributed by atoms with Crippen molar-refractivity contribution < 1.29 is 9.59 Å². The molecule has 1 aliphatic rings. The molecule has 3 N–H and O–H groups in total. The first kappa shape index (κ1) is 29.4. The van der Waals surface area contributed by atoms with E-state index in [1.807, 2.05) is 11.0 Å². The number of hydrogen-bond acceptors (Lipinski definition) is 3. The Morgan fingerprint density at radius 3 is 2.14 bits per heavy atom. The van der Waals surface area contributed by atoms with Gasteiger partial charge < -0.3 is 16.0 Å². The van der Waals surface area contributed by atoms with E-state index in [4.69, 9.17) is 5.73 Å². The molecule has 5 heteroatoms. The molecular formula is C30H51N3O2. The molecule has 0 aliphatic carbocycles. The van der Waals surface area contributed by atoms with Gasteiger partial charge in [-0.15, -0.1) is 0 Å². The molecule has 1 unspecified atom stereocenters. The maximum Gasteiger partial charge on any atom is 0.223 e. The molecule has 1 atom stereocenters. The number of carbonyl (C=O) groups is 2. The van der Waals surface area contributed by atoms with Crippen LogP contribution in [-0.2, 0) is 22.6 Å². The maximum atomic E-state index is 13.2. The van der Waals surface area contributed by atoms with Gasteiger partial charge in [0.05, 0.1) is 0 Å². The molecule has 1 aliphatic heterocycles. The van der Waals surface area contributed by atoms with E-state index < -0.39 is 0 Å². The van der Waals surface area contributed by atoms with Gasteiger partial charge in [0.15, 0.2) is 0 Å². The van der Waals surface area contributed by atoms with Crippen LogP contribution in [0.15, 0.2) is 24.3 Å². The fourth-order valence-electron chi connectivity index (χ4n) is 5.11. The normalized spacial score (nSPS) is 15.1. The van der Waals surface area contributed by atoms with Crippen molar-refractivity contribution in [1.82, 2.24) is 10.2 Å². The van der Waals surface area contributed by atoms with Gasteiger partial charge in [-0.25, -0.2) is 0 Å². The van der Waals surface area contributed by atoms with E-state index in [1.54, 1.807) is 0 Å². The summed E-state index contributed by atoms with van der Waals surface area (Å²) in [5.74, 6) is 0.267. The molecule has 0 spiro atoms. The number of hydrogen-bond donors (Lipinski definition) is 2. The SMILES string of the molecule is CCCCCCCCCCCCC(=O)N1Cc2ccccc2CC1CC(=O)NCCCCCCN. The molecular weight excluding hydrogens is 434 g/mol. The summed E-state index contributed by atoms with van der Waals surface area (Å²) < 4.78 is 0. The fraction of sp³-hybridized carbons (Fsp3) is 0.733. The Hall–Kier alpha value is -1.88. The highest BCUT2D eigenvalue weighted by atomic mass is 16.2. The van der Waals surface area contributed by atoms with Crippen molar-refractivity contribution in [2.75, 3.05) is 13.1 Å². The second-order valence-electron chi connectivity index (χ2n) is 10.3. The summed E-state index contributed by atoms with van der Waals surface area (Å²) in [6.45, 7) is 4.33. The van der Waals surface area contributed by atoms with Gasteiger partial charge in [0, 0.05) is 32.0 Å². The zero-order valence-corrected chi connectivity index (χ0v) is 22.4. The molecule has 0 saturated carbocycles. The summed E-state index contributed by atoms with van der Waals surface area (Å²) in [7, 11) is 0. The van der Waals surface area contributed by atoms with Crippen molar-refractivity contribution in [3.05, 3.63) is 35.4 Å². The summed E-state index contributed by atoms with van der Waals surface area (Å²) in [4.78, 5) is 27.8. The Balaban J connectivity index is 1.74. The topological polar surface area (TPSA) is 75.4 Å². The minimum Gasteiger partial charge on any atom is -0.356 e. The minimum absolute atomic E-state index is 0.0437. The lowest BCUT2D eigenvalue weighted by Gasteiger charge is -2.37. The Morgan fingerprint density at radius 2 is 1.46 bits per heavy atom. The van der Waals surface area contributed by atoms with Crippen molar-refractivity contribution in [2.24, 2.45) is 5.73 Å². The average Bonchev–Trinajstić information content (AvgIpc) is 2.86. The number of amides is 2. The number of carbonyl (C=O) groups excluding carboxylic acids is 2. The van der Waals surface area contributed by atoms with Gasteiger partial charge in [0.2, 0.25) is 11.8 Å². The lowest BCUT2D eigenvalue weighted by atomic mass is 9.91. The molecule has 0 saturated heterocycles. The molecule has 0 radical (unpaired) electrons. The molecule has 0 fully saturated rings. The number of nitrogens with one attached hydrogen (secondary N) is 1. The monoisotopic (exact) mass is 485 g/mol. The first-order valence-corrected chi connectivity index (χ1v) is 14.5. The first-order chi connectivity index (χ1) is 17.2. The van der Waals surface area contributed by atoms with Crippen LogP contribution in [0.25, 0.3) is 0 Å². The molecule has 1 aromatic carbocycles. The van der Waals surface area contributed by atoms with Gasteiger partial charge >= 0.3 is 0 Å². The predicted molar refractivity (Wildman–Crippen MR) is 146 cm³/mol. The highest BCUT2D eigenvalue weighted by Crippen LogP contribution is 2.26. The highest BCUT2D eigenvalue weighted by Gasteiger charge is 2.30. The Morgan fingerprint density at radius 1 is 0.857 bits per heavy atom. The minimum atomic E-state index is -0.0437. The van der Waals surface area contributed by atoms with Crippen LogP contribution < -0.4 is 11.1 Å². The summed E-state index contributed by atoms with van der Waals surface area (Å²) in [6.07, 6.45) is 18.7. The second-order valence-corrected chi connectivity index (χ2v) is 10.3. The van der Waals surface area contributed by atoms with E-state index in [9.17, 15) is 9.59 Å². The largest absolute Gasteiger partial charge is 0.356 e. The molecule has 0 aromatic heterocycles. The third-order valence-corrected chi connectivity index (χ3v) is 7.29. The predicted octanol–water partition coefficient (Wildman–Crippen LogP) is 6.28. The lowest BCUT2D eigenvalue weighted by molar-refractivity contribution is -0.136. The zero-order valence-electron chi connectivity index (χ0n) is 22.4. The molecule has 198 valence electrons. The Kier molecular flexibility index (Phi) is 15.4. The van der Waals surface area contributed by atoms with E-state index >= 15 is 0 Å². The smallest absolute Gasteiger partial charge is 0.223 e. The number of rotatable bonds is 19. The van der Waals surface area contributed by atoms with Gasteiger partial charge in [-0.1, -0.05) is 102 Å². The van der Waals surface area contributed by atoms with E-state index in [0.717, 1.165) is 51.5 Å². The number of nitrogens with two attached hydrogens (primary N) is 1. The standard InChI is InChI=1S/C30H51N3O2/c1-2-3-4-5-6-7-8-9-10-13-20-30(35)33-25-27-19-15-14-18-26(27)23-28(33)24-29(34)32-22-17-12-11-16-21-31/h14-15,18-19,28H,2-13,16-17,20-25,31H2,1H3,(H,32,34). The summed E-state index contributed by atoms with van der Waals surface area (Å²) in [5, 5.41) is 3.07. The molecule has 2 rings (SSSR count). The number of fused-ring (bicyclic) bond motifs is 1. The van der Waals surface area contributed by atoms with E-state index in [2.05, 4.69) is 30.4 Å². The summed E-state index contributed by atoms with van der Waals surface area (Å²) in [5.41, 5.74) is 8.04. The molecule has 2 amide bonds. The van der Waals surface area contributed by atoms with Crippen molar-refractivity contribution >= 4 is 11.8 Å². The third kappa shape index (κ3) is 12.1. The number of benzene rings is 1. The second kappa shape index (κ2) is 18.4. The molecule has 5 nitrogen and oxygen atoms in total. The Bertz CT molecular complexity index is 721. The average molecular weight is 486 g/mol. The molecule has 0 bridgehead atoms. The van der Waals surface area contributed by atoms with E-state index in [1.165, 1.54) is 62.5 Å². The van der Waals surface area contributed by atoms with Crippen LogP contribution in [0.5, 0.6) is 0 Å². The quantitative estimate of drug-likeness (QED) is 0.227. The Labute approximate surface area is 214 Å². The molecule has 35 heavy (non-hydrogen) atoms. The van der Waals surface area contributed by atoms with E-state index in [-0.39, 0.29) is 17.9 Å². The van der Waals surface area contributed by atoms with Crippen molar-refractivity contribution in [2.45, 2.75) is 129 Å². The summed E-state index contributed by atoms with van der Waals surface area (Å²) >= 11 is 0. The fourth-order valence-corrected chi connectivity index (χ4v) is 5.11. The van der Waals surface area contributed by atoms with Gasteiger partial charge in [0.25, 0.3) is 0 Å². The van der Waals surface area contributed by atoms with Crippen LogP contribution in [0.3, 0.4) is 0 Å². The van der Waals surface area contributed by atoms with Crippen LogP contribution in [0, 0.1) is 0 Å². The van der Waals surface area contributed by atoms with Crippen LogP contribution in [0.2, 0.25) is 0 Å². The first-order valence-electron chi connectivity index (χ1n) is 14.5. The zero-order chi connectivity index (χ0) is 25.1. The van der Waals surface area contributed by atoms with Crippen LogP contribution in [0.4, 0.5) is 0 Å². The number of nitrogens with zero attached hydrogens (tertiary/aromatic N) is 1. The van der Waals surface area contributed by atoms with Gasteiger partial charge in [-0.2, -0.15) is 0 Å². The summed E-state index contributed by atoms with van der Waals surface area (Å²) in [6, 6.07) is 8.31. The van der Waals surface area contributed by atoms with Crippen molar-refractivity contribution in [3.8, 4) is 0 Å². The molecule has 1 heterocycles. The van der Waals surface area contributed by atoms with Gasteiger partial charge in [-0.3, -0.25) is 9.59 Å². The lowest BCUT2D eigenvalue weighted by Crippen LogP contribution is -2.46. The van der Waals surface area contributed by atoms with Crippen LogP contribution in [0.1, 0.15) is 121 Å². The maximum absolute atomic E-state index is 13.2. The number of unbranched alkanes of at least 4 members (excludes halogenated alkanes) is 12. The molecule has 1 aromatic rings. The van der Waals surface area contributed by atoms with Crippen molar-refractivity contribution in [1.29, 1.82) is 0 Å². The third-order valence-electron chi connectivity index (χ3n) is 7.29. The highest BCUT2D eigenvalue weighted by molar-refractivity contribution is 5.80.